The zero-order valence-electron chi connectivity index (χ0n) is 9.66. The van der Waals surface area contributed by atoms with E-state index in [0.29, 0.717) is 6.54 Å². The molecule has 0 atom stereocenters. The van der Waals surface area contributed by atoms with Gasteiger partial charge in [-0.2, -0.15) is 0 Å². The first-order valence-electron chi connectivity index (χ1n) is 5.38. The Morgan fingerprint density at radius 1 is 1.44 bits per heavy atom. The van der Waals surface area contributed by atoms with E-state index in [4.69, 9.17) is 10.2 Å². The molecule has 0 fully saturated rings. The van der Waals surface area contributed by atoms with Gasteiger partial charge in [0, 0.05) is 12.7 Å². The molecule has 4 heteroatoms. The topological polar surface area (TPSA) is 64.1 Å². The summed E-state index contributed by atoms with van der Waals surface area (Å²) in [5.74, 6) is 0.854. The first-order chi connectivity index (χ1) is 7.62. The minimum absolute atomic E-state index is 0.0631. The van der Waals surface area contributed by atoms with Gasteiger partial charge in [-0.25, -0.2) is 4.98 Å². The number of fused-ring (bicyclic) bond motifs is 1. The maximum absolute atomic E-state index is 5.68. The van der Waals surface area contributed by atoms with Crippen molar-refractivity contribution in [3.63, 3.8) is 0 Å². The summed E-state index contributed by atoms with van der Waals surface area (Å²) in [5.41, 5.74) is 6.60. The molecule has 0 unspecified atom stereocenters. The first kappa shape index (κ1) is 11.0. The summed E-state index contributed by atoms with van der Waals surface area (Å²) in [4.78, 5) is 4.30. The average Bonchev–Trinajstić information content (AvgIpc) is 2.75. The van der Waals surface area contributed by atoms with E-state index >= 15 is 0 Å². The second kappa shape index (κ2) is 4.14. The van der Waals surface area contributed by atoms with Gasteiger partial charge >= 0.3 is 0 Å². The molecule has 0 aliphatic heterocycles. The number of hydrogen-bond donors (Lipinski definition) is 2. The van der Waals surface area contributed by atoms with E-state index in [1.54, 1.807) is 12.5 Å². The van der Waals surface area contributed by atoms with Crippen molar-refractivity contribution >= 4 is 16.8 Å². The SMILES string of the molecule is CC(C)(CN)CNc1nccc2occc12. The number of anilines is 1. The van der Waals surface area contributed by atoms with Crippen molar-refractivity contribution in [2.45, 2.75) is 13.8 Å². The molecule has 0 saturated heterocycles. The molecule has 0 amide bonds. The van der Waals surface area contributed by atoms with Gasteiger partial charge < -0.3 is 15.5 Å². The Labute approximate surface area is 94.8 Å². The molecule has 0 bridgehead atoms. The lowest BCUT2D eigenvalue weighted by molar-refractivity contribution is 0.405. The molecule has 0 aliphatic rings. The fourth-order valence-electron chi connectivity index (χ4n) is 1.43. The zero-order valence-corrected chi connectivity index (χ0v) is 9.66. The molecule has 2 heterocycles. The maximum atomic E-state index is 5.68. The van der Waals surface area contributed by atoms with Crippen molar-refractivity contribution < 1.29 is 4.42 Å². The molecule has 0 aromatic carbocycles. The van der Waals surface area contributed by atoms with Gasteiger partial charge in [-0.05, 0) is 24.1 Å². The van der Waals surface area contributed by atoms with Gasteiger partial charge in [0.15, 0.2) is 0 Å². The second-order valence-electron chi connectivity index (χ2n) is 4.71. The van der Waals surface area contributed by atoms with Crippen LogP contribution in [0.2, 0.25) is 0 Å². The van der Waals surface area contributed by atoms with Crippen LogP contribution in [0.1, 0.15) is 13.8 Å². The molecule has 2 rings (SSSR count). The van der Waals surface area contributed by atoms with Crippen molar-refractivity contribution in [3.05, 3.63) is 24.6 Å². The molecule has 0 radical (unpaired) electrons. The maximum Gasteiger partial charge on any atom is 0.139 e. The fourth-order valence-corrected chi connectivity index (χ4v) is 1.43. The van der Waals surface area contributed by atoms with Crippen molar-refractivity contribution in [1.82, 2.24) is 4.98 Å². The van der Waals surface area contributed by atoms with E-state index < -0.39 is 0 Å². The summed E-state index contributed by atoms with van der Waals surface area (Å²) < 4.78 is 5.31. The lowest BCUT2D eigenvalue weighted by atomic mass is 9.94. The van der Waals surface area contributed by atoms with Gasteiger partial charge in [0.1, 0.15) is 11.4 Å². The Kier molecular flexibility index (Phi) is 2.83. The summed E-state index contributed by atoms with van der Waals surface area (Å²) in [6.45, 7) is 5.67. The van der Waals surface area contributed by atoms with Crippen LogP contribution in [-0.2, 0) is 0 Å². The van der Waals surface area contributed by atoms with Crippen molar-refractivity contribution in [2.24, 2.45) is 11.1 Å². The Bertz CT molecular complexity index is 476. The standard InChI is InChI=1S/C12H17N3O/c1-12(2,7-13)8-15-11-9-4-6-16-10(9)3-5-14-11/h3-6H,7-8,13H2,1-2H3,(H,14,15). The van der Waals surface area contributed by atoms with Crippen LogP contribution in [0.3, 0.4) is 0 Å². The van der Waals surface area contributed by atoms with E-state index in [-0.39, 0.29) is 5.41 Å². The van der Waals surface area contributed by atoms with Gasteiger partial charge in [-0.1, -0.05) is 13.8 Å². The van der Waals surface area contributed by atoms with E-state index in [1.165, 1.54) is 0 Å². The Morgan fingerprint density at radius 2 is 2.25 bits per heavy atom. The Balaban J connectivity index is 2.18. The molecule has 16 heavy (non-hydrogen) atoms. The van der Waals surface area contributed by atoms with Crippen LogP contribution in [0.25, 0.3) is 11.0 Å². The van der Waals surface area contributed by atoms with Crippen LogP contribution >= 0.6 is 0 Å². The number of nitrogens with two attached hydrogens (primary N) is 1. The average molecular weight is 219 g/mol. The van der Waals surface area contributed by atoms with Crippen LogP contribution in [0.15, 0.2) is 29.0 Å². The van der Waals surface area contributed by atoms with E-state index in [1.807, 2.05) is 12.1 Å². The van der Waals surface area contributed by atoms with Gasteiger partial charge in [-0.15, -0.1) is 0 Å². The van der Waals surface area contributed by atoms with Crippen molar-refractivity contribution in [3.8, 4) is 0 Å². The number of rotatable bonds is 4. The highest BCUT2D eigenvalue weighted by molar-refractivity contribution is 5.87. The number of furan rings is 1. The highest BCUT2D eigenvalue weighted by atomic mass is 16.3. The van der Waals surface area contributed by atoms with Gasteiger partial charge in [-0.3, -0.25) is 0 Å². The van der Waals surface area contributed by atoms with Gasteiger partial charge in [0.25, 0.3) is 0 Å². The van der Waals surface area contributed by atoms with Crippen LogP contribution in [0.5, 0.6) is 0 Å². The molecular formula is C12H17N3O. The summed E-state index contributed by atoms with van der Waals surface area (Å²) in [7, 11) is 0. The van der Waals surface area contributed by atoms with Crippen molar-refractivity contribution in [2.75, 3.05) is 18.4 Å². The van der Waals surface area contributed by atoms with Crippen LogP contribution in [0, 0.1) is 5.41 Å². The minimum atomic E-state index is 0.0631. The smallest absolute Gasteiger partial charge is 0.139 e. The highest BCUT2D eigenvalue weighted by Gasteiger charge is 2.16. The first-order valence-corrected chi connectivity index (χ1v) is 5.38. The molecule has 0 spiro atoms. The normalized spacial score (nSPS) is 11.9. The van der Waals surface area contributed by atoms with Gasteiger partial charge in [0.05, 0.1) is 11.6 Å². The molecule has 4 nitrogen and oxygen atoms in total. The Morgan fingerprint density at radius 3 is 3.00 bits per heavy atom. The quantitative estimate of drug-likeness (QED) is 0.827. The number of nitrogens with zero attached hydrogens (tertiary/aromatic N) is 1. The lowest BCUT2D eigenvalue weighted by Gasteiger charge is -2.23. The van der Waals surface area contributed by atoms with Crippen molar-refractivity contribution in [1.29, 1.82) is 0 Å². The predicted octanol–water partition coefficient (Wildman–Crippen LogP) is 2.22. The molecular weight excluding hydrogens is 202 g/mol. The van der Waals surface area contributed by atoms with E-state index in [0.717, 1.165) is 23.3 Å². The molecule has 2 aromatic heterocycles. The predicted molar refractivity (Wildman–Crippen MR) is 65.3 cm³/mol. The third-order valence-corrected chi connectivity index (χ3v) is 2.67. The molecule has 0 aliphatic carbocycles. The van der Waals surface area contributed by atoms with Crippen LogP contribution in [0.4, 0.5) is 5.82 Å². The highest BCUT2D eigenvalue weighted by Crippen LogP contribution is 2.23. The largest absolute Gasteiger partial charge is 0.464 e. The molecule has 3 N–H and O–H groups in total. The van der Waals surface area contributed by atoms with E-state index in [2.05, 4.69) is 24.1 Å². The number of pyridine rings is 1. The zero-order chi connectivity index (χ0) is 11.6. The third-order valence-electron chi connectivity index (χ3n) is 2.67. The summed E-state index contributed by atoms with van der Waals surface area (Å²) in [6.07, 6.45) is 3.41. The number of aromatic nitrogens is 1. The van der Waals surface area contributed by atoms with Gasteiger partial charge in [0.2, 0.25) is 0 Å². The summed E-state index contributed by atoms with van der Waals surface area (Å²) >= 11 is 0. The summed E-state index contributed by atoms with van der Waals surface area (Å²) in [5, 5.41) is 4.32. The monoisotopic (exact) mass is 219 g/mol. The minimum Gasteiger partial charge on any atom is -0.464 e. The molecule has 2 aromatic rings. The third kappa shape index (κ3) is 2.17. The lowest BCUT2D eigenvalue weighted by Crippen LogP contribution is -2.31. The molecule has 0 saturated carbocycles. The number of nitrogens with one attached hydrogen (secondary N) is 1. The fraction of sp³-hybridized carbons (Fsp3) is 0.417. The summed E-state index contributed by atoms with van der Waals surface area (Å²) in [6, 6.07) is 3.77. The Hall–Kier alpha value is -1.55. The molecule has 86 valence electrons. The van der Waals surface area contributed by atoms with Crippen LogP contribution < -0.4 is 11.1 Å². The van der Waals surface area contributed by atoms with E-state index in [9.17, 15) is 0 Å². The number of hydrogen-bond acceptors (Lipinski definition) is 4. The second-order valence-corrected chi connectivity index (χ2v) is 4.71. The van der Waals surface area contributed by atoms with Crippen LogP contribution in [-0.4, -0.2) is 18.1 Å².